The van der Waals surface area contributed by atoms with Crippen LogP contribution in [0.3, 0.4) is 0 Å². The first-order valence-electron chi connectivity index (χ1n) is 8.06. The highest BCUT2D eigenvalue weighted by atomic mass is 16.3. The molecule has 0 aliphatic carbocycles. The molecule has 0 amide bonds. The van der Waals surface area contributed by atoms with Crippen LogP contribution in [0.2, 0.25) is 0 Å². The van der Waals surface area contributed by atoms with Gasteiger partial charge < -0.3 is 5.11 Å². The van der Waals surface area contributed by atoms with Crippen molar-refractivity contribution in [2.75, 3.05) is 13.1 Å². The van der Waals surface area contributed by atoms with Crippen LogP contribution < -0.4 is 0 Å². The van der Waals surface area contributed by atoms with Gasteiger partial charge in [-0.25, -0.2) is 0 Å². The van der Waals surface area contributed by atoms with Gasteiger partial charge in [0.15, 0.2) is 0 Å². The van der Waals surface area contributed by atoms with E-state index in [1.54, 1.807) is 0 Å². The molecule has 1 atom stereocenters. The summed E-state index contributed by atoms with van der Waals surface area (Å²) in [6.45, 7) is 2.36. The van der Waals surface area contributed by atoms with Crippen molar-refractivity contribution in [1.29, 1.82) is 0 Å². The molecular formula is C18H19N5O. The molecule has 3 aromatic rings. The van der Waals surface area contributed by atoms with Crippen LogP contribution in [0.15, 0.2) is 54.6 Å². The number of hydrogen-bond donors (Lipinski definition) is 2. The smallest absolute Gasteiger partial charge is 0.204 e. The fourth-order valence-corrected chi connectivity index (χ4v) is 3.29. The highest BCUT2D eigenvalue weighted by Crippen LogP contribution is 2.32. The van der Waals surface area contributed by atoms with Gasteiger partial charge in [0, 0.05) is 25.2 Å². The Hall–Kier alpha value is -2.57. The Morgan fingerprint density at radius 1 is 1.08 bits per heavy atom. The molecule has 0 unspecified atom stereocenters. The lowest BCUT2D eigenvalue weighted by atomic mass is 9.93. The Bertz CT molecular complexity index is 788. The molecule has 6 nitrogen and oxygen atoms in total. The van der Waals surface area contributed by atoms with Crippen LogP contribution in [-0.2, 0) is 12.1 Å². The number of benzene rings is 2. The minimum absolute atomic E-state index is 0.598. The largest absolute Gasteiger partial charge is 0.384 e. The van der Waals surface area contributed by atoms with Gasteiger partial charge in [0.25, 0.3) is 0 Å². The summed E-state index contributed by atoms with van der Waals surface area (Å²) < 4.78 is 0. The minimum Gasteiger partial charge on any atom is -0.384 e. The number of aromatic nitrogens is 4. The molecule has 24 heavy (non-hydrogen) atoms. The zero-order valence-corrected chi connectivity index (χ0v) is 13.3. The second kappa shape index (κ2) is 6.14. The first-order valence-corrected chi connectivity index (χ1v) is 8.06. The summed E-state index contributed by atoms with van der Waals surface area (Å²) >= 11 is 0. The normalized spacial score (nSPS) is 21.2. The maximum Gasteiger partial charge on any atom is 0.204 e. The molecule has 122 valence electrons. The van der Waals surface area contributed by atoms with Gasteiger partial charge in [-0.15, -0.1) is 10.2 Å². The predicted molar refractivity (Wildman–Crippen MR) is 89.8 cm³/mol. The van der Waals surface area contributed by atoms with E-state index in [0.717, 1.165) is 30.6 Å². The van der Waals surface area contributed by atoms with Gasteiger partial charge in [0.05, 0.1) is 0 Å². The number of aromatic amines is 1. The Morgan fingerprint density at radius 2 is 1.88 bits per heavy atom. The molecule has 4 rings (SSSR count). The fourth-order valence-electron chi connectivity index (χ4n) is 3.29. The van der Waals surface area contributed by atoms with E-state index >= 15 is 0 Å². The monoisotopic (exact) mass is 321 g/mol. The van der Waals surface area contributed by atoms with E-state index in [2.05, 4.69) is 37.7 Å². The van der Waals surface area contributed by atoms with Crippen LogP contribution in [-0.4, -0.2) is 43.7 Å². The molecule has 6 heteroatoms. The maximum atomic E-state index is 10.9. The van der Waals surface area contributed by atoms with Crippen molar-refractivity contribution in [3.05, 3.63) is 65.7 Å². The number of rotatable bonds is 4. The number of β-amino-alcohol motifs (C(OH)–C–C–N with tert-alkyl or cyclic N) is 1. The summed E-state index contributed by atoms with van der Waals surface area (Å²) in [4.78, 5) is 2.29. The third-order valence-electron chi connectivity index (χ3n) is 4.60. The molecule has 2 aromatic carbocycles. The third kappa shape index (κ3) is 2.93. The molecule has 1 aliphatic heterocycles. The van der Waals surface area contributed by atoms with Gasteiger partial charge >= 0.3 is 0 Å². The predicted octanol–water partition coefficient (Wildman–Crippen LogP) is 1.96. The first-order chi connectivity index (χ1) is 11.7. The Labute approximate surface area is 140 Å². The van der Waals surface area contributed by atoms with Crippen LogP contribution in [0.1, 0.15) is 17.5 Å². The molecule has 1 saturated heterocycles. The fraction of sp³-hybridized carbons (Fsp3) is 0.278. The summed E-state index contributed by atoms with van der Waals surface area (Å²) in [6, 6.07) is 18.1. The van der Waals surface area contributed by atoms with Crippen molar-refractivity contribution in [2.24, 2.45) is 0 Å². The van der Waals surface area contributed by atoms with E-state index < -0.39 is 5.60 Å². The lowest BCUT2D eigenvalue weighted by Crippen LogP contribution is -2.30. The zero-order chi connectivity index (χ0) is 16.4. The van der Waals surface area contributed by atoms with Crippen LogP contribution in [0, 0.1) is 0 Å². The van der Waals surface area contributed by atoms with E-state index in [1.807, 2.05) is 42.5 Å². The van der Waals surface area contributed by atoms with E-state index in [-0.39, 0.29) is 0 Å². The van der Waals surface area contributed by atoms with E-state index in [4.69, 9.17) is 0 Å². The molecule has 1 aromatic heterocycles. The molecule has 1 fully saturated rings. The SMILES string of the molecule is O[C@]1(c2ccccc2)CCN(Cc2ccc(-c3nn[nH]n3)cc2)C1. The van der Waals surface area contributed by atoms with Crippen molar-refractivity contribution in [1.82, 2.24) is 25.5 Å². The number of tetrazole rings is 1. The van der Waals surface area contributed by atoms with E-state index in [1.165, 1.54) is 5.56 Å². The summed E-state index contributed by atoms with van der Waals surface area (Å²) in [6.07, 6.45) is 0.762. The number of nitrogens with one attached hydrogen (secondary N) is 1. The van der Waals surface area contributed by atoms with Crippen LogP contribution >= 0.6 is 0 Å². The van der Waals surface area contributed by atoms with Crippen LogP contribution in [0.5, 0.6) is 0 Å². The number of likely N-dealkylation sites (tertiary alicyclic amines) is 1. The lowest BCUT2D eigenvalue weighted by molar-refractivity contribution is 0.0453. The highest BCUT2D eigenvalue weighted by Gasteiger charge is 2.37. The van der Waals surface area contributed by atoms with Crippen molar-refractivity contribution >= 4 is 0 Å². The summed E-state index contributed by atoms with van der Waals surface area (Å²) in [5.74, 6) is 0.598. The molecule has 2 heterocycles. The van der Waals surface area contributed by atoms with Crippen molar-refractivity contribution in [3.8, 4) is 11.4 Å². The van der Waals surface area contributed by atoms with Crippen molar-refractivity contribution < 1.29 is 5.11 Å². The molecule has 0 saturated carbocycles. The topological polar surface area (TPSA) is 77.9 Å². The Morgan fingerprint density at radius 3 is 2.58 bits per heavy atom. The lowest BCUT2D eigenvalue weighted by Gasteiger charge is -2.24. The minimum atomic E-state index is -0.744. The third-order valence-corrected chi connectivity index (χ3v) is 4.60. The maximum absolute atomic E-state index is 10.9. The van der Waals surface area contributed by atoms with Crippen LogP contribution in [0.25, 0.3) is 11.4 Å². The Kier molecular flexibility index (Phi) is 3.84. The van der Waals surface area contributed by atoms with Gasteiger partial charge in [0.1, 0.15) is 5.60 Å². The standard InChI is InChI=1S/C18H19N5O/c24-18(16-4-2-1-3-5-16)10-11-23(13-18)12-14-6-8-15(9-7-14)17-19-21-22-20-17/h1-9,24H,10-13H2,(H,19,20,21,22)/t18-/m1/s1. The number of nitrogens with zero attached hydrogens (tertiary/aromatic N) is 4. The molecule has 0 spiro atoms. The van der Waals surface area contributed by atoms with Gasteiger partial charge in [0.2, 0.25) is 5.82 Å². The summed E-state index contributed by atoms with van der Waals surface area (Å²) in [5, 5.41) is 24.9. The zero-order valence-electron chi connectivity index (χ0n) is 13.3. The van der Waals surface area contributed by atoms with Gasteiger partial charge in [-0.1, -0.05) is 54.6 Å². The molecule has 0 bridgehead atoms. The molecule has 2 N–H and O–H groups in total. The van der Waals surface area contributed by atoms with E-state index in [9.17, 15) is 5.11 Å². The number of H-pyrrole nitrogens is 1. The van der Waals surface area contributed by atoms with Crippen molar-refractivity contribution in [3.63, 3.8) is 0 Å². The number of aliphatic hydroxyl groups is 1. The van der Waals surface area contributed by atoms with E-state index in [0.29, 0.717) is 12.4 Å². The molecular weight excluding hydrogens is 302 g/mol. The summed E-state index contributed by atoms with van der Waals surface area (Å²) in [7, 11) is 0. The quantitative estimate of drug-likeness (QED) is 0.768. The van der Waals surface area contributed by atoms with Gasteiger partial charge in [-0.2, -0.15) is 5.21 Å². The molecule has 1 aliphatic rings. The summed E-state index contributed by atoms with van der Waals surface area (Å²) in [5.41, 5.74) is 2.40. The van der Waals surface area contributed by atoms with Gasteiger partial charge in [-0.3, -0.25) is 4.90 Å². The van der Waals surface area contributed by atoms with Gasteiger partial charge in [-0.05, 0) is 22.8 Å². The first kappa shape index (κ1) is 15.0. The average molecular weight is 321 g/mol. The highest BCUT2D eigenvalue weighted by molar-refractivity contribution is 5.54. The molecule has 0 radical (unpaired) electrons. The van der Waals surface area contributed by atoms with Crippen molar-refractivity contribution in [2.45, 2.75) is 18.6 Å². The number of hydrogen-bond acceptors (Lipinski definition) is 5. The Balaban J connectivity index is 1.43. The second-order valence-corrected chi connectivity index (χ2v) is 6.29. The second-order valence-electron chi connectivity index (χ2n) is 6.29. The average Bonchev–Trinajstić information content (AvgIpc) is 3.28. The van der Waals surface area contributed by atoms with Crippen LogP contribution in [0.4, 0.5) is 0 Å².